The molecule has 2 nitrogen and oxygen atoms in total. The maximum atomic E-state index is 6.07. The van der Waals surface area contributed by atoms with Crippen molar-refractivity contribution in [3.63, 3.8) is 0 Å². The Labute approximate surface area is 118 Å². The van der Waals surface area contributed by atoms with E-state index in [1.165, 1.54) is 37.7 Å². The molecule has 106 valence electrons. The fourth-order valence-corrected chi connectivity index (χ4v) is 3.34. The molecular formula is C17H28N2. The maximum Gasteiger partial charge on any atom is 0.00471 e. The Morgan fingerprint density at radius 3 is 2.42 bits per heavy atom. The van der Waals surface area contributed by atoms with Crippen LogP contribution >= 0.6 is 0 Å². The maximum absolute atomic E-state index is 6.07. The molecule has 0 radical (unpaired) electrons. The zero-order valence-electron chi connectivity index (χ0n) is 12.3. The van der Waals surface area contributed by atoms with Crippen molar-refractivity contribution in [2.75, 3.05) is 26.7 Å². The summed E-state index contributed by atoms with van der Waals surface area (Å²) in [5, 5.41) is 0. The van der Waals surface area contributed by atoms with Gasteiger partial charge in [-0.15, -0.1) is 0 Å². The van der Waals surface area contributed by atoms with Gasteiger partial charge in [-0.1, -0.05) is 49.6 Å². The van der Waals surface area contributed by atoms with E-state index in [0.29, 0.717) is 5.41 Å². The molecule has 0 spiro atoms. The second kappa shape index (κ2) is 7.06. The van der Waals surface area contributed by atoms with Crippen LogP contribution in [0.4, 0.5) is 0 Å². The van der Waals surface area contributed by atoms with Crippen LogP contribution in [0.25, 0.3) is 0 Å². The van der Waals surface area contributed by atoms with Gasteiger partial charge in [0, 0.05) is 13.1 Å². The molecule has 0 heterocycles. The first-order chi connectivity index (χ1) is 9.24. The normalized spacial score (nSPS) is 18.7. The number of hydrogen-bond acceptors (Lipinski definition) is 2. The minimum absolute atomic E-state index is 0.393. The molecule has 0 amide bonds. The third-order valence-electron chi connectivity index (χ3n) is 4.58. The molecule has 0 bridgehead atoms. The summed E-state index contributed by atoms with van der Waals surface area (Å²) in [7, 11) is 2.24. The Morgan fingerprint density at radius 1 is 1.11 bits per heavy atom. The van der Waals surface area contributed by atoms with Gasteiger partial charge in [-0.2, -0.15) is 0 Å². The summed E-state index contributed by atoms with van der Waals surface area (Å²) in [4.78, 5) is 2.48. The summed E-state index contributed by atoms with van der Waals surface area (Å²) in [6.45, 7) is 3.14. The molecule has 2 heteroatoms. The zero-order valence-corrected chi connectivity index (χ0v) is 12.3. The fraction of sp³-hybridized carbons (Fsp3) is 0.647. The first-order valence-corrected chi connectivity index (χ1v) is 7.67. The van der Waals surface area contributed by atoms with Crippen LogP contribution in [0.15, 0.2) is 30.3 Å². The van der Waals surface area contributed by atoms with E-state index in [9.17, 15) is 0 Å². The molecule has 0 aliphatic heterocycles. The van der Waals surface area contributed by atoms with Crippen LogP contribution in [0, 0.1) is 5.41 Å². The highest BCUT2D eigenvalue weighted by atomic mass is 15.1. The van der Waals surface area contributed by atoms with Crippen LogP contribution in [0.2, 0.25) is 0 Å². The molecule has 2 rings (SSSR count). The van der Waals surface area contributed by atoms with Crippen LogP contribution in [0.5, 0.6) is 0 Å². The molecule has 19 heavy (non-hydrogen) atoms. The Morgan fingerprint density at radius 2 is 1.79 bits per heavy atom. The second-order valence-corrected chi connectivity index (χ2v) is 6.24. The van der Waals surface area contributed by atoms with E-state index in [1.807, 2.05) is 0 Å². The Bertz CT molecular complexity index is 355. The number of benzene rings is 1. The van der Waals surface area contributed by atoms with Crippen molar-refractivity contribution >= 4 is 0 Å². The molecule has 0 saturated heterocycles. The van der Waals surface area contributed by atoms with Gasteiger partial charge < -0.3 is 10.6 Å². The first-order valence-electron chi connectivity index (χ1n) is 7.67. The van der Waals surface area contributed by atoms with Crippen molar-refractivity contribution in [3.05, 3.63) is 35.9 Å². The van der Waals surface area contributed by atoms with Crippen molar-refractivity contribution in [2.24, 2.45) is 11.1 Å². The lowest BCUT2D eigenvalue weighted by molar-refractivity contribution is 0.128. The highest BCUT2D eigenvalue weighted by Gasteiger charge is 2.31. The van der Waals surface area contributed by atoms with Crippen LogP contribution in [0.3, 0.4) is 0 Å². The highest BCUT2D eigenvalue weighted by Crippen LogP contribution is 2.35. The van der Waals surface area contributed by atoms with Crippen molar-refractivity contribution in [2.45, 2.75) is 38.5 Å². The van der Waals surface area contributed by atoms with Gasteiger partial charge in [0.15, 0.2) is 0 Å². The minimum Gasteiger partial charge on any atom is -0.330 e. The molecule has 1 aromatic carbocycles. The topological polar surface area (TPSA) is 29.3 Å². The molecule has 1 fully saturated rings. The van der Waals surface area contributed by atoms with Gasteiger partial charge in [-0.25, -0.2) is 0 Å². The summed E-state index contributed by atoms with van der Waals surface area (Å²) >= 11 is 0. The molecule has 1 saturated carbocycles. The van der Waals surface area contributed by atoms with Gasteiger partial charge >= 0.3 is 0 Å². The number of rotatable bonds is 6. The lowest BCUT2D eigenvalue weighted by Crippen LogP contribution is -2.43. The Balaban J connectivity index is 1.81. The lowest BCUT2D eigenvalue weighted by atomic mass is 9.74. The molecule has 1 aliphatic rings. The van der Waals surface area contributed by atoms with E-state index < -0.39 is 0 Å². The zero-order chi connectivity index (χ0) is 13.6. The molecule has 1 aromatic rings. The average molecular weight is 260 g/mol. The lowest BCUT2D eigenvalue weighted by Gasteiger charge is -2.39. The standard InChI is InChI=1S/C17H28N2/c1-19(13-10-16-8-4-2-5-9-16)15-17(14-18)11-6-3-7-12-17/h2,4-5,8-9H,3,6-7,10-15,18H2,1H3. The summed E-state index contributed by atoms with van der Waals surface area (Å²) in [5.41, 5.74) is 7.89. The Hall–Kier alpha value is -0.860. The number of likely N-dealkylation sites (N-methyl/N-ethyl adjacent to an activating group) is 1. The van der Waals surface area contributed by atoms with Gasteiger partial charge in [0.05, 0.1) is 0 Å². The largest absolute Gasteiger partial charge is 0.330 e. The van der Waals surface area contributed by atoms with Crippen LogP contribution in [-0.4, -0.2) is 31.6 Å². The van der Waals surface area contributed by atoms with Crippen molar-refractivity contribution < 1.29 is 0 Å². The summed E-state index contributed by atoms with van der Waals surface area (Å²) in [6.07, 6.45) is 7.90. The smallest absolute Gasteiger partial charge is 0.00471 e. The van der Waals surface area contributed by atoms with Gasteiger partial charge in [0.1, 0.15) is 0 Å². The predicted octanol–water partition coefficient (Wildman–Crippen LogP) is 3.07. The predicted molar refractivity (Wildman–Crippen MR) is 82.2 cm³/mol. The first kappa shape index (κ1) is 14.5. The van der Waals surface area contributed by atoms with E-state index >= 15 is 0 Å². The molecule has 1 aliphatic carbocycles. The average Bonchev–Trinajstić information content (AvgIpc) is 2.47. The molecule has 0 atom stereocenters. The highest BCUT2D eigenvalue weighted by molar-refractivity contribution is 5.14. The quantitative estimate of drug-likeness (QED) is 0.851. The molecule has 2 N–H and O–H groups in total. The molecule has 0 aromatic heterocycles. The van der Waals surface area contributed by atoms with Crippen LogP contribution in [-0.2, 0) is 6.42 Å². The van der Waals surface area contributed by atoms with Crippen molar-refractivity contribution in [1.82, 2.24) is 4.90 Å². The molecular weight excluding hydrogens is 232 g/mol. The van der Waals surface area contributed by atoms with Gasteiger partial charge in [-0.05, 0) is 43.8 Å². The van der Waals surface area contributed by atoms with E-state index in [1.54, 1.807) is 0 Å². The van der Waals surface area contributed by atoms with Gasteiger partial charge in [0.25, 0.3) is 0 Å². The van der Waals surface area contributed by atoms with Gasteiger partial charge in [0.2, 0.25) is 0 Å². The van der Waals surface area contributed by atoms with E-state index in [0.717, 1.165) is 26.1 Å². The van der Waals surface area contributed by atoms with Crippen LogP contribution in [0.1, 0.15) is 37.7 Å². The summed E-state index contributed by atoms with van der Waals surface area (Å²) in [5.74, 6) is 0. The van der Waals surface area contributed by atoms with E-state index in [4.69, 9.17) is 5.73 Å². The summed E-state index contributed by atoms with van der Waals surface area (Å²) < 4.78 is 0. The SMILES string of the molecule is CN(CCc1ccccc1)CC1(CN)CCCCC1. The van der Waals surface area contributed by atoms with Crippen LogP contribution < -0.4 is 5.73 Å². The summed E-state index contributed by atoms with van der Waals surface area (Å²) in [6, 6.07) is 10.8. The monoisotopic (exact) mass is 260 g/mol. The van der Waals surface area contributed by atoms with E-state index in [-0.39, 0.29) is 0 Å². The third kappa shape index (κ3) is 4.32. The number of nitrogens with two attached hydrogens (primary N) is 1. The van der Waals surface area contributed by atoms with Crippen molar-refractivity contribution in [3.8, 4) is 0 Å². The number of nitrogens with zero attached hydrogens (tertiary/aromatic N) is 1. The second-order valence-electron chi connectivity index (χ2n) is 6.24. The number of hydrogen-bond donors (Lipinski definition) is 1. The van der Waals surface area contributed by atoms with Gasteiger partial charge in [-0.3, -0.25) is 0 Å². The minimum atomic E-state index is 0.393. The van der Waals surface area contributed by atoms with E-state index in [2.05, 4.69) is 42.3 Å². The fourth-order valence-electron chi connectivity index (χ4n) is 3.34. The van der Waals surface area contributed by atoms with Crippen molar-refractivity contribution in [1.29, 1.82) is 0 Å². The molecule has 0 unspecified atom stereocenters. The Kier molecular flexibility index (Phi) is 5.41. The third-order valence-corrected chi connectivity index (χ3v) is 4.58.